The summed E-state index contributed by atoms with van der Waals surface area (Å²) in [6, 6.07) is 0. The van der Waals surface area contributed by atoms with Gasteiger partial charge >= 0.3 is 0 Å². The maximum atomic E-state index is 10.8. The summed E-state index contributed by atoms with van der Waals surface area (Å²) in [6.45, 7) is 3.16. The van der Waals surface area contributed by atoms with Gasteiger partial charge in [-0.2, -0.15) is 0 Å². The molecule has 1 N–H and O–H groups in total. The number of hydrogen-bond acceptors (Lipinski definition) is 6. The number of ether oxygens (including phenoxy) is 1. The molecular formula is C9H19N3O3S. The van der Waals surface area contributed by atoms with Crippen LogP contribution in [0, 0.1) is 0 Å². The van der Waals surface area contributed by atoms with E-state index in [4.69, 9.17) is 4.74 Å². The summed E-state index contributed by atoms with van der Waals surface area (Å²) in [6.07, 6.45) is 1.21. The first-order valence-electron chi connectivity index (χ1n) is 5.24. The lowest BCUT2D eigenvalue weighted by molar-refractivity contribution is 0.153. The van der Waals surface area contributed by atoms with Crippen LogP contribution in [0.2, 0.25) is 0 Å². The Kier molecular flexibility index (Phi) is 5.01. The summed E-state index contributed by atoms with van der Waals surface area (Å²) in [4.78, 5) is 6.29. The third kappa shape index (κ3) is 5.32. The Morgan fingerprint density at radius 1 is 1.50 bits per heavy atom. The first-order chi connectivity index (χ1) is 7.49. The van der Waals surface area contributed by atoms with Crippen molar-refractivity contribution in [2.45, 2.75) is 0 Å². The van der Waals surface area contributed by atoms with Gasteiger partial charge in [0.15, 0.2) is 5.96 Å². The molecule has 0 aromatic carbocycles. The smallest absolute Gasteiger partial charge is 0.193 e. The second kappa shape index (κ2) is 6.05. The average Bonchev–Trinajstić information content (AvgIpc) is 2.56. The van der Waals surface area contributed by atoms with Crippen LogP contribution in [0.15, 0.2) is 4.99 Å². The predicted molar refractivity (Wildman–Crippen MR) is 63.5 cm³/mol. The predicted octanol–water partition coefficient (Wildman–Crippen LogP) is -1.06. The first kappa shape index (κ1) is 13.2. The van der Waals surface area contributed by atoms with Crippen LogP contribution < -0.4 is 5.32 Å². The minimum absolute atomic E-state index is 0.0772. The van der Waals surface area contributed by atoms with Gasteiger partial charge in [0.05, 0.1) is 25.5 Å². The van der Waals surface area contributed by atoms with Crippen LogP contribution in [-0.4, -0.2) is 71.2 Å². The quantitative estimate of drug-likeness (QED) is 0.608. The Morgan fingerprint density at radius 3 is 2.81 bits per heavy atom. The van der Waals surface area contributed by atoms with Gasteiger partial charge < -0.3 is 15.0 Å². The summed E-state index contributed by atoms with van der Waals surface area (Å²) in [7, 11) is -0.938. The number of aliphatic imine (C=N–C) groups is 1. The highest BCUT2D eigenvalue weighted by molar-refractivity contribution is 7.90. The van der Waals surface area contributed by atoms with Crippen molar-refractivity contribution in [3.05, 3.63) is 0 Å². The molecule has 1 rings (SSSR count). The highest BCUT2D eigenvalue weighted by Crippen LogP contribution is 1.94. The fourth-order valence-corrected chi connectivity index (χ4v) is 1.69. The molecule has 0 aliphatic carbocycles. The number of hydrogen-bond donors (Lipinski definition) is 1. The Balaban J connectivity index is 2.00. The van der Waals surface area contributed by atoms with Crippen molar-refractivity contribution < 1.29 is 13.2 Å². The van der Waals surface area contributed by atoms with E-state index < -0.39 is 9.84 Å². The van der Waals surface area contributed by atoms with Crippen molar-refractivity contribution in [1.82, 2.24) is 10.2 Å². The van der Waals surface area contributed by atoms with Crippen LogP contribution in [0.5, 0.6) is 0 Å². The van der Waals surface area contributed by atoms with E-state index >= 15 is 0 Å². The number of sulfone groups is 1. The standard InChI is InChI=1S/C9H19N3O3S/c1-12-5-3-10-9(12)11-4-6-15-7-8-16(2,13)14/h3-8H2,1-2H3,(H,10,11). The number of rotatable bonds is 6. The van der Waals surface area contributed by atoms with E-state index in [2.05, 4.69) is 10.3 Å². The normalized spacial score (nSPS) is 16.4. The molecule has 0 saturated carbocycles. The molecular weight excluding hydrogens is 230 g/mol. The Morgan fingerprint density at radius 2 is 2.25 bits per heavy atom. The third-order valence-electron chi connectivity index (χ3n) is 2.19. The summed E-state index contributed by atoms with van der Waals surface area (Å²) in [5, 5.41) is 3.13. The van der Waals surface area contributed by atoms with E-state index in [0.29, 0.717) is 13.2 Å². The van der Waals surface area contributed by atoms with Gasteiger partial charge in [-0.1, -0.05) is 0 Å². The van der Waals surface area contributed by atoms with Gasteiger partial charge in [0.1, 0.15) is 9.84 Å². The van der Waals surface area contributed by atoms with Gasteiger partial charge in [-0.15, -0.1) is 0 Å². The highest BCUT2D eigenvalue weighted by Gasteiger charge is 2.10. The summed E-state index contributed by atoms with van der Waals surface area (Å²) < 4.78 is 26.8. The number of nitrogens with zero attached hydrogens (tertiary/aromatic N) is 2. The van der Waals surface area contributed by atoms with Crippen molar-refractivity contribution >= 4 is 15.8 Å². The summed E-state index contributed by atoms with van der Waals surface area (Å²) in [5.41, 5.74) is 0. The van der Waals surface area contributed by atoms with Crippen molar-refractivity contribution in [2.24, 2.45) is 4.99 Å². The van der Waals surface area contributed by atoms with Crippen molar-refractivity contribution in [3.8, 4) is 0 Å². The van der Waals surface area contributed by atoms with E-state index in [1.54, 1.807) is 0 Å². The van der Waals surface area contributed by atoms with Crippen LogP contribution in [0.25, 0.3) is 0 Å². The molecule has 0 unspecified atom stereocenters. The SMILES string of the molecule is CN1CCN=C1NCCOCCS(C)(=O)=O. The molecule has 6 nitrogen and oxygen atoms in total. The van der Waals surface area contributed by atoms with Crippen LogP contribution in [0.1, 0.15) is 0 Å². The number of nitrogens with one attached hydrogen (secondary N) is 1. The van der Waals surface area contributed by atoms with E-state index in [1.165, 1.54) is 6.26 Å². The Labute approximate surface area is 96.6 Å². The largest absolute Gasteiger partial charge is 0.379 e. The molecule has 7 heteroatoms. The summed E-state index contributed by atoms with van der Waals surface area (Å²) in [5.74, 6) is 0.958. The second-order valence-corrected chi connectivity index (χ2v) is 6.06. The molecule has 0 aromatic heterocycles. The second-order valence-electron chi connectivity index (χ2n) is 3.80. The Hall–Kier alpha value is -0.820. The Bertz CT molecular complexity index is 340. The first-order valence-corrected chi connectivity index (χ1v) is 7.30. The summed E-state index contributed by atoms with van der Waals surface area (Å²) >= 11 is 0. The number of guanidine groups is 1. The maximum Gasteiger partial charge on any atom is 0.193 e. The zero-order valence-corrected chi connectivity index (χ0v) is 10.6. The lowest BCUT2D eigenvalue weighted by atomic mass is 10.6. The molecule has 0 aromatic rings. The third-order valence-corrected chi connectivity index (χ3v) is 3.09. The molecule has 0 bridgehead atoms. The monoisotopic (exact) mass is 249 g/mol. The van der Waals surface area contributed by atoms with Gasteiger partial charge in [-0.05, 0) is 0 Å². The molecule has 0 fully saturated rings. The molecule has 16 heavy (non-hydrogen) atoms. The molecule has 1 aliphatic heterocycles. The molecule has 0 radical (unpaired) electrons. The lowest BCUT2D eigenvalue weighted by Crippen LogP contribution is -2.37. The molecule has 0 atom stereocenters. The van der Waals surface area contributed by atoms with Gasteiger partial charge in [-0.3, -0.25) is 4.99 Å². The maximum absolute atomic E-state index is 10.8. The fraction of sp³-hybridized carbons (Fsp3) is 0.889. The van der Waals surface area contributed by atoms with E-state index in [0.717, 1.165) is 19.0 Å². The zero-order chi connectivity index (χ0) is 12.0. The minimum Gasteiger partial charge on any atom is -0.379 e. The van der Waals surface area contributed by atoms with Crippen LogP contribution in [-0.2, 0) is 14.6 Å². The molecule has 0 amide bonds. The molecule has 0 spiro atoms. The lowest BCUT2D eigenvalue weighted by Gasteiger charge is -2.14. The fourth-order valence-electron chi connectivity index (χ4n) is 1.27. The molecule has 94 valence electrons. The van der Waals surface area contributed by atoms with E-state index in [-0.39, 0.29) is 12.4 Å². The molecule has 0 saturated heterocycles. The molecule has 1 heterocycles. The van der Waals surface area contributed by atoms with Gasteiger partial charge in [0, 0.05) is 26.4 Å². The van der Waals surface area contributed by atoms with Gasteiger partial charge in [0.2, 0.25) is 0 Å². The highest BCUT2D eigenvalue weighted by atomic mass is 32.2. The topological polar surface area (TPSA) is 71.0 Å². The zero-order valence-electron chi connectivity index (χ0n) is 9.77. The van der Waals surface area contributed by atoms with Crippen LogP contribution in [0.3, 0.4) is 0 Å². The van der Waals surface area contributed by atoms with Gasteiger partial charge in [-0.25, -0.2) is 8.42 Å². The van der Waals surface area contributed by atoms with Crippen molar-refractivity contribution in [3.63, 3.8) is 0 Å². The van der Waals surface area contributed by atoms with E-state index in [1.807, 2.05) is 11.9 Å². The minimum atomic E-state index is -2.91. The van der Waals surface area contributed by atoms with Crippen molar-refractivity contribution in [1.29, 1.82) is 0 Å². The average molecular weight is 249 g/mol. The van der Waals surface area contributed by atoms with E-state index in [9.17, 15) is 8.42 Å². The van der Waals surface area contributed by atoms with Crippen LogP contribution in [0.4, 0.5) is 0 Å². The number of likely N-dealkylation sites (N-methyl/N-ethyl adjacent to an activating group) is 1. The molecule has 1 aliphatic rings. The van der Waals surface area contributed by atoms with Crippen LogP contribution >= 0.6 is 0 Å². The van der Waals surface area contributed by atoms with Gasteiger partial charge in [0.25, 0.3) is 0 Å². The van der Waals surface area contributed by atoms with Crippen molar-refractivity contribution in [2.75, 3.05) is 51.9 Å².